The lowest BCUT2D eigenvalue weighted by atomic mass is 10.00. The van der Waals surface area contributed by atoms with Gasteiger partial charge < -0.3 is 9.88 Å². The molecule has 1 unspecified atom stereocenters. The number of rotatable bonds is 8. The van der Waals surface area contributed by atoms with Gasteiger partial charge in [0.15, 0.2) is 0 Å². The fourth-order valence-corrected chi connectivity index (χ4v) is 4.32. The molecule has 1 aromatic heterocycles. The van der Waals surface area contributed by atoms with Crippen LogP contribution in [-0.2, 0) is 26.2 Å². The number of carbonyl (C=O) groups excluding carboxylic acids is 3. The van der Waals surface area contributed by atoms with Crippen LogP contribution in [0.4, 0.5) is 4.79 Å². The minimum atomic E-state index is -3.82. The molecule has 29 heavy (non-hydrogen) atoms. The highest BCUT2D eigenvalue weighted by atomic mass is 32.2. The van der Waals surface area contributed by atoms with E-state index < -0.39 is 45.5 Å². The van der Waals surface area contributed by atoms with E-state index in [2.05, 4.69) is 10.7 Å². The molecule has 1 fully saturated rings. The lowest BCUT2D eigenvalue weighted by Crippen LogP contribution is -2.49. The van der Waals surface area contributed by atoms with Crippen molar-refractivity contribution < 1.29 is 22.8 Å². The number of carbonyl (C=O) groups is 3. The zero-order valence-electron chi connectivity index (χ0n) is 16.8. The Labute approximate surface area is 168 Å². The predicted molar refractivity (Wildman–Crippen MR) is 103 cm³/mol. The lowest BCUT2D eigenvalue weighted by Gasteiger charge is -2.20. The quantitative estimate of drug-likeness (QED) is 0.543. The molecule has 4 amide bonds. The maximum Gasteiger partial charge on any atom is 0.344 e. The van der Waals surface area contributed by atoms with Gasteiger partial charge in [0.05, 0.1) is 4.90 Å². The molecule has 0 saturated carbocycles. The van der Waals surface area contributed by atoms with Gasteiger partial charge in [0.2, 0.25) is 10.0 Å². The Morgan fingerprint density at radius 3 is 2.31 bits per heavy atom. The number of aromatic nitrogens is 1. The van der Waals surface area contributed by atoms with Crippen LogP contribution < -0.4 is 16.3 Å². The fourth-order valence-electron chi connectivity index (χ4n) is 2.84. The van der Waals surface area contributed by atoms with Gasteiger partial charge in [0.1, 0.15) is 12.1 Å². The zero-order valence-corrected chi connectivity index (χ0v) is 17.6. The number of amides is 4. The van der Waals surface area contributed by atoms with Crippen molar-refractivity contribution >= 4 is 27.9 Å². The van der Waals surface area contributed by atoms with Gasteiger partial charge in [-0.1, -0.05) is 20.8 Å². The van der Waals surface area contributed by atoms with Crippen LogP contribution in [0.3, 0.4) is 0 Å². The Kier molecular flexibility index (Phi) is 6.48. The Balaban J connectivity index is 2.22. The van der Waals surface area contributed by atoms with Crippen molar-refractivity contribution in [2.45, 2.75) is 51.1 Å². The first kappa shape index (κ1) is 22.6. The number of urea groups is 1. The Bertz CT molecular complexity index is 984. The van der Waals surface area contributed by atoms with Crippen LogP contribution in [0.2, 0.25) is 0 Å². The molecule has 0 bridgehead atoms. The molecule has 2 heterocycles. The summed E-state index contributed by atoms with van der Waals surface area (Å²) in [5, 5.41) is 3.05. The summed E-state index contributed by atoms with van der Waals surface area (Å²) in [5.74, 6) is -1.45. The van der Waals surface area contributed by atoms with Gasteiger partial charge in [0.25, 0.3) is 17.4 Å². The smallest absolute Gasteiger partial charge is 0.322 e. The van der Waals surface area contributed by atoms with Crippen LogP contribution in [0.1, 0.15) is 34.1 Å². The molecule has 0 aromatic carbocycles. The highest BCUT2D eigenvalue weighted by Crippen LogP contribution is 2.19. The number of imide groups is 1. The average molecular weight is 427 g/mol. The van der Waals surface area contributed by atoms with Gasteiger partial charge >= 0.3 is 6.03 Å². The van der Waals surface area contributed by atoms with Crippen LogP contribution in [-0.4, -0.2) is 58.8 Å². The monoisotopic (exact) mass is 427 g/mol. The second-order valence-corrected chi connectivity index (χ2v) is 8.65. The highest BCUT2D eigenvalue weighted by Gasteiger charge is 2.47. The van der Waals surface area contributed by atoms with Crippen molar-refractivity contribution in [3.63, 3.8) is 0 Å². The van der Waals surface area contributed by atoms with Crippen molar-refractivity contribution in [1.29, 1.82) is 0 Å². The van der Waals surface area contributed by atoms with E-state index in [0.717, 1.165) is 16.8 Å². The van der Waals surface area contributed by atoms with E-state index in [9.17, 15) is 27.6 Å². The molecule has 11 nitrogen and oxygen atoms in total. The van der Waals surface area contributed by atoms with Crippen LogP contribution in [0.25, 0.3) is 0 Å². The summed E-state index contributed by atoms with van der Waals surface area (Å²) in [6.07, 6.45) is 1.40. The first-order chi connectivity index (χ1) is 13.5. The standard InChI is InChI=1S/C17H25N5O6S/c1-5-17(4)15(25)22(16(26)18-17)19-13(23)11-20-10-12(8-9-14(20)24)29(27,28)21(6-2)7-3/h8-10H,5-7,11H2,1-4H3,(H,18,26)(H,19,23). The zero-order chi connectivity index (χ0) is 22.0. The van der Waals surface area contributed by atoms with Gasteiger partial charge in [-0.15, -0.1) is 0 Å². The summed E-state index contributed by atoms with van der Waals surface area (Å²) in [5.41, 5.74) is 0.432. The molecule has 12 heteroatoms. The van der Waals surface area contributed by atoms with E-state index >= 15 is 0 Å². The number of hydrazine groups is 1. The molecule has 1 aliphatic rings. The summed E-state index contributed by atoms with van der Waals surface area (Å²) >= 11 is 0. The van der Waals surface area contributed by atoms with Crippen molar-refractivity contribution in [3.8, 4) is 0 Å². The summed E-state index contributed by atoms with van der Waals surface area (Å²) in [6.45, 7) is 6.55. The SMILES string of the molecule is CCN(CC)S(=O)(=O)c1ccc(=O)n(CC(=O)NN2C(=O)NC(C)(CC)C2=O)c1. The van der Waals surface area contributed by atoms with Crippen LogP contribution in [0.5, 0.6) is 0 Å². The minimum Gasteiger partial charge on any atom is -0.322 e. The van der Waals surface area contributed by atoms with Crippen LogP contribution in [0.15, 0.2) is 28.0 Å². The maximum absolute atomic E-state index is 12.6. The molecule has 0 radical (unpaired) electrons. The Morgan fingerprint density at radius 1 is 1.17 bits per heavy atom. The Morgan fingerprint density at radius 2 is 1.79 bits per heavy atom. The Hall–Kier alpha value is -2.73. The average Bonchev–Trinajstić information content (AvgIpc) is 2.87. The second kappa shape index (κ2) is 8.33. The molecule has 2 rings (SSSR count). The molecule has 0 aliphatic carbocycles. The first-order valence-electron chi connectivity index (χ1n) is 9.17. The number of pyridine rings is 1. The van der Waals surface area contributed by atoms with Gasteiger partial charge in [0, 0.05) is 25.4 Å². The summed E-state index contributed by atoms with van der Waals surface area (Å²) in [6, 6.07) is 1.44. The van der Waals surface area contributed by atoms with Crippen LogP contribution >= 0.6 is 0 Å². The molecular formula is C17H25N5O6S. The highest BCUT2D eigenvalue weighted by molar-refractivity contribution is 7.89. The fraction of sp³-hybridized carbons (Fsp3) is 0.529. The van der Waals surface area contributed by atoms with Crippen molar-refractivity contribution in [2.24, 2.45) is 0 Å². The van der Waals surface area contributed by atoms with Crippen molar-refractivity contribution in [1.82, 2.24) is 24.6 Å². The van der Waals surface area contributed by atoms with Crippen LogP contribution in [0, 0.1) is 0 Å². The molecule has 0 spiro atoms. The second-order valence-electron chi connectivity index (χ2n) is 6.71. The molecule has 1 aromatic rings. The van der Waals surface area contributed by atoms with E-state index in [1.54, 1.807) is 20.8 Å². The van der Waals surface area contributed by atoms with E-state index in [1.165, 1.54) is 17.3 Å². The first-order valence-corrected chi connectivity index (χ1v) is 10.6. The lowest BCUT2D eigenvalue weighted by molar-refractivity contribution is -0.139. The number of hydrogen-bond donors (Lipinski definition) is 2. The van der Waals surface area contributed by atoms with E-state index in [-0.39, 0.29) is 18.0 Å². The number of nitrogens with one attached hydrogen (secondary N) is 2. The minimum absolute atomic E-state index is 0.137. The number of hydrogen-bond acceptors (Lipinski definition) is 6. The van der Waals surface area contributed by atoms with Gasteiger partial charge in [-0.25, -0.2) is 13.2 Å². The van der Waals surface area contributed by atoms with E-state index in [1.807, 2.05) is 0 Å². The maximum atomic E-state index is 12.6. The summed E-state index contributed by atoms with van der Waals surface area (Å²) in [4.78, 5) is 48.5. The molecular weight excluding hydrogens is 402 g/mol. The van der Waals surface area contributed by atoms with Gasteiger partial charge in [-0.2, -0.15) is 9.31 Å². The van der Waals surface area contributed by atoms with E-state index in [4.69, 9.17) is 0 Å². The largest absolute Gasteiger partial charge is 0.344 e. The van der Waals surface area contributed by atoms with Gasteiger partial charge in [-0.3, -0.25) is 19.8 Å². The molecule has 1 saturated heterocycles. The number of nitrogens with zero attached hydrogens (tertiary/aromatic N) is 3. The third-order valence-electron chi connectivity index (χ3n) is 4.82. The molecule has 2 N–H and O–H groups in total. The van der Waals surface area contributed by atoms with Crippen molar-refractivity contribution in [2.75, 3.05) is 13.1 Å². The third-order valence-corrected chi connectivity index (χ3v) is 6.85. The van der Waals surface area contributed by atoms with Crippen molar-refractivity contribution in [3.05, 3.63) is 28.7 Å². The summed E-state index contributed by atoms with van der Waals surface area (Å²) in [7, 11) is -3.82. The normalized spacial score (nSPS) is 19.6. The topological polar surface area (TPSA) is 138 Å². The number of sulfonamides is 1. The van der Waals surface area contributed by atoms with E-state index in [0.29, 0.717) is 11.4 Å². The summed E-state index contributed by atoms with van der Waals surface area (Å²) < 4.78 is 27.4. The molecule has 160 valence electrons. The predicted octanol–water partition coefficient (Wildman–Crippen LogP) is -0.369. The molecule has 1 atom stereocenters. The molecule has 1 aliphatic heterocycles. The third kappa shape index (κ3) is 4.32. The van der Waals surface area contributed by atoms with Gasteiger partial charge in [-0.05, 0) is 19.4 Å².